The number of hydrogen-bond donors (Lipinski definition) is 4. The van der Waals surface area contributed by atoms with Crippen molar-refractivity contribution in [2.24, 2.45) is 5.73 Å². The Labute approximate surface area is 195 Å². The second kappa shape index (κ2) is 11.9. The molecule has 176 valence electrons. The summed E-state index contributed by atoms with van der Waals surface area (Å²) in [5.41, 5.74) is 8.12. The van der Waals surface area contributed by atoms with Crippen LogP contribution in [0.25, 0.3) is 11.3 Å². The SMILES string of the molecule is COc1cc(NC(=O)Nc2cccc(CNC(=O)OC[C@@H](N)CC#N)c2)ccc1-c1cnco1. The number of oxazole rings is 1. The first kappa shape index (κ1) is 24.1. The van der Waals surface area contributed by atoms with E-state index in [0.717, 1.165) is 5.56 Å². The van der Waals surface area contributed by atoms with E-state index in [1.807, 2.05) is 6.07 Å². The number of aromatic nitrogens is 1. The first-order valence-electron chi connectivity index (χ1n) is 10.3. The van der Waals surface area contributed by atoms with Crippen molar-refractivity contribution in [3.8, 4) is 23.1 Å². The average molecular weight is 464 g/mol. The van der Waals surface area contributed by atoms with Crippen LogP contribution in [0.3, 0.4) is 0 Å². The summed E-state index contributed by atoms with van der Waals surface area (Å²) in [6.07, 6.45) is 2.35. The van der Waals surface area contributed by atoms with E-state index < -0.39 is 18.2 Å². The highest BCUT2D eigenvalue weighted by molar-refractivity contribution is 6.00. The van der Waals surface area contributed by atoms with Crippen LogP contribution >= 0.6 is 0 Å². The van der Waals surface area contributed by atoms with Crippen LogP contribution in [0.15, 0.2) is 59.5 Å². The number of ether oxygens (including phenoxy) is 2. The second-order valence-corrected chi connectivity index (χ2v) is 7.13. The van der Waals surface area contributed by atoms with Gasteiger partial charge >= 0.3 is 12.1 Å². The van der Waals surface area contributed by atoms with E-state index in [4.69, 9.17) is 24.9 Å². The summed E-state index contributed by atoms with van der Waals surface area (Å²) in [4.78, 5) is 28.1. The van der Waals surface area contributed by atoms with Gasteiger partial charge in [-0.15, -0.1) is 0 Å². The molecule has 0 saturated carbocycles. The van der Waals surface area contributed by atoms with Crippen LogP contribution in [0.4, 0.5) is 21.0 Å². The number of nitrogens with zero attached hydrogens (tertiary/aromatic N) is 2. The van der Waals surface area contributed by atoms with Crippen molar-refractivity contribution in [3.63, 3.8) is 0 Å². The Hall–Kier alpha value is -4.56. The summed E-state index contributed by atoms with van der Waals surface area (Å²) < 4.78 is 15.7. The predicted octanol–water partition coefficient (Wildman–Crippen LogP) is 3.46. The number of nitriles is 1. The van der Waals surface area contributed by atoms with Gasteiger partial charge in [0.05, 0.1) is 37.4 Å². The van der Waals surface area contributed by atoms with Crippen molar-refractivity contribution in [3.05, 3.63) is 60.6 Å². The summed E-state index contributed by atoms with van der Waals surface area (Å²) in [7, 11) is 1.52. The van der Waals surface area contributed by atoms with Gasteiger partial charge in [0.2, 0.25) is 0 Å². The molecule has 0 unspecified atom stereocenters. The van der Waals surface area contributed by atoms with Gasteiger partial charge in [-0.25, -0.2) is 14.6 Å². The summed E-state index contributed by atoms with van der Waals surface area (Å²) in [6.45, 7) is 0.134. The maximum atomic E-state index is 12.5. The largest absolute Gasteiger partial charge is 0.496 e. The van der Waals surface area contributed by atoms with Crippen molar-refractivity contribution < 1.29 is 23.5 Å². The van der Waals surface area contributed by atoms with Crippen LogP contribution in [0, 0.1) is 11.3 Å². The smallest absolute Gasteiger partial charge is 0.407 e. The summed E-state index contributed by atoms with van der Waals surface area (Å²) in [6, 6.07) is 13.0. The van der Waals surface area contributed by atoms with Crippen LogP contribution in [0.2, 0.25) is 0 Å². The molecule has 0 aliphatic heterocycles. The van der Waals surface area contributed by atoms with Gasteiger partial charge < -0.3 is 35.6 Å². The van der Waals surface area contributed by atoms with Crippen molar-refractivity contribution in [2.75, 3.05) is 24.4 Å². The van der Waals surface area contributed by atoms with Crippen molar-refractivity contribution in [2.45, 2.75) is 19.0 Å². The average Bonchev–Trinajstić information content (AvgIpc) is 3.36. The zero-order chi connectivity index (χ0) is 24.3. The third-order valence-corrected chi connectivity index (χ3v) is 4.56. The lowest BCUT2D eigenvalue weighted by Gasteiger charge is -2.12. The van der Waals surface area contributed by atoms with Crippen LogP contribution in [0.1, 0.15) is 12.0 Å². The molecule has 3 aromatic rings. The molecular weight excluding hydrogens is 440 g/mol. The lowest BCUT2D eigenvalue weighted by molar-refractivity contribution is 0.139. The molecular formula is C23H24N6O5. The molecule has 0 aliphatic carbocycles. The van der Waals surface area contributed by atoms with Crippen LogP contribution in [-0.4, -0.2) is 36.9 Å². The van der Waals surface area contributed by atoms with E-state index in [9.17, 15) is 9.59 Å². The number of carbonyl (C=O) groups excluding carboxylic acids is 2. The molecule has 3 amide bonds. The fraction of sp³-hybridized carbons (Fsp3) is 0.217. The van der Waals surface area contributed by atoms with Gasteiger partial charge in [-0.05, 0) is 29.8 Å². The summed E-state index contributed by atoms with van der Waals surface area (Å²) in [5, 5.41) is 16.6. The van der Waals surface area contributed by atoms with E-state index >= 15 is 0 Å². The third kappa shape index (κ3) is 6.98. The summed E-state index contributed by atoms with van der Waals surface area (Å²) in [5.74, 6) is 1.07. The van der Waals surface area contributed by atoms with Gasteiger partial charge in [0, 0.05) is 24.0 Å². The number of hydrogen-bond acceptors (Lipinski definition) is 8. The first-order valence-corrected chi connectivity index (χ1v) is 10.3. The van der Waals surface area contributed by atoms with Gasteiger partial charge in [0.25, 0.3) is 0 Å². The molecule has 0 radical (unpaired) electrons. The lowest BCUT2D eigenvalue weighted by atomic mass is 10.1. The first-order chi connectivity index (χ1) is 16.5. The number of anilines is 2. The quantitative estimate of drug-likeness (QED) is 0.374. The van der Waals surface area contributed by atoms with Gasteiger partial charge in [0.15, 0.2) is 12.2 Å². The van der Waals surface area contributed by atoms with Gasteiger partial charge in [-0.1, -0.05) is 12.1 Å². The fourth-order valence-corrected chi connectivity index (χ4v) is 2.96. The van der Waals surface area contributed by atoms with Crippen LogP contribution < -0.4 is 26.4 Å². The second-order valence-electron chi connectivity index (χ2n) is 7.13. The zero-order valence-corrected chi connectivity index (χ0v) is 18.4. The Bertz CT molecular complexity index is 1160. The number of methoxy groups -OCH3 is 1. The van der Waals surface area contributed by atoms with E-state index in [2.05, 4.69) is 20.9 Å². The number of amides is 3. The minimum absolute atomic E-state index is 0.0503. The highest BCUT2D eigenvalue weighted by atomic mass is 16.5. The molecule has 0 fully saturated rings. The van der Waals surface area contributed by atoms with E-state index in [1.165, 1.54) is 13.5 Å². The third-order valence-electron chi connectivity index (χ3n) is 4.56. The number of benzene rings is 2. The topological polar surface area (TPSA) is 165 Å². The number of carbonyl (C=O) groups is 2. The molecule has 3 rings (SSSR count). The van der Waals surface area contributed by atoms with Crippen LogP contribution in [-0.2, 0) is 11.3 Å². The Balaban J connectivity index is 1.53. The van der Waals surface area contributed by atoms with E-state index in [-0.39, 0.29) is 19.6 Å². The number of rotatable bonds is 9. The van der Waals surface area contributed by atoms with Crippen molar-refractivity contribution in [1.29, 1.82) is 5.26 Å². The van der Waals surface area contributed by atoms with Crippen LogP contribution in [0.5, 0.6) is 5.75 Å². The van der Waals surface area contributed by atoms with Gasteiger partial charge in [-0.2, -0.15) is 5.26 Å². The molecule has 2 aromatic carbocycles. The molecule has 1 heterocycles. The van der Waals surface area contributed by atoms with E-state index in [0.29, 0.717) is 28.4 Å². The predicted molar refractivity (Wildman–Crippen MR) is 124 cm³/mol. The molecule has 1 atom stereocenters. The fourth-order valence-electron chi connectivity index (χ4n) is 2.96. The Morgan fingerprint density at radius 2 is 2.00 bits per heavy atom. The monoisotopic (exact) mass is 464 g/mol. The maximum absolute atomic E-state index is 12.5. The van der Waals surface area contributed by atoms with E-state index in [1.54, 1.807) is 48.7 Å². The molecule has 1 aromatic heterocycles. The minimum Gasteiger partial charge on any atom is -0.496 e. The summed E-state index contributed by atoms with van der Waals surface area (Å²) >= 11 is 0. The standard InChI is InChI=1S/C23H24N6O5/c1-32-20-10-18(5-6-19(20)21-12-26-14-34-21)29-22(30)28-17-4-2-3-15(9-17)11-27-23(31)33-13-16(25)7-8-24/h2-6,9-10,12,14,16H,7,11,13,25H2,1H3,(H,27,31)(H2,28,29,30)/t16-/m0/s1. The Morgan fingerprint density at radius 3 is 2.71 bits per heavy atom. The minimum atomic E-state index is -0.646. The number of nitrogens with two attached hydrogens (primary N) is 1. The highest BCUT2D eigenvalue weighted by Gasteiger charge is 2.12. The lowest BCUT2D eigenvalue weighted by Crippen LogP contribution is -2.31. The van der Waals surface area contributed by atoms with Crippen molar-refractivity contribution in [1.82, 2.24) is 10.3 Å². The molecule has 0 aliphatic rings. The normalized spacial score (nSPS) is 11.1. The number of alkyl carbamates (subject to hydrolysis) is 1. The Morgan fingerprint density at radius 1 is 1.21 bits per heavy atom. The molecule has 0 spiro atoms. The van der Waals surface area contributed by atoms with Gasteiger partial charge in [-0.3, -0.25) is 0 Å². The maximum Gasteiger partial charge on any atom is 0.407 e. The highest BCUT2D eigenvalue weighted by Crippen LogP contribution is 2.32. The molecule has 0 bridgehead atoms. The van der Waals surface area contributed by atoms with Gasteiger partial charge in [0.1, 0.15) is 12.4 Å². The number of nitrogens with one attached hydrogen (secondary N) is 3. The molecule has 5 N–H and O–H groups in total. The molecule has 0 saturated heterocycles. The number of urea groups is 1. The molecule has 11 heteroatoms. The Kier molecular flexibility index (Phi) is 8.42. The molecule has 11 nitrogen and oxygen atoms in total. The van der Waals surface area contributed by atoms with Crippen molar-refractivity contribution >= 4 is 23.5 Å². The molecule has 34 heavy (non-hydrogen) atoms. The zero-order valence-electron chi connectivity index (χ0n) is 18.4.